The predicted molar refractivity (Wildman–Crippen MR) is 154 cm³/mol. The number of benzene rings is 3. The van der Waals surface area contributed by atoms with E-state index in [2.05, 4.69) is 5.32 Å². The molecule has 226 valence electrons. The third kappa shape index (κ3) is 5.81. The van der Waals surface area contributed by atoms with E-state index < -0.39 is 52.5 Å². The number of nitrogens with zero attached hydrogens (tertiary/aromatic N) is 2. The molecule has 0 spiro atoms. The Morgan fingerprint density at radius 3 is 2.44 bits per heavy atom. The van der Waals surface area contributed by atoms with Crippen molar-refractivity contribution in [3.63, 3.8) is 0 Å². The fourth-order valence-corrected chi connectivity index (χ4v) is 6.93. The van der Waals surface area contributed by atoms with Crippen LogP contribution >= 0.6 is 11.8 Å². The highest BCUT2D eigenvalue weighted by Gasteiger charge is 2.65. The molecule has 12 heteroatoms. The molecule has 4 atom stereocenters. The number of carbonyl (C=O) groups excluding carboxylic acids is 3. The van der Waals surface area contributed by atoms with Crippen molar-refractivity contribution in [1.29, 1.82) is 0 Å². The molecule has 2 fully saturated rings. The molecule has 8 nitrogen and oxygen atoms in total. The van der Waals surface area contributed by atoms with Crippen LogP contribution in [0.3, 0.4) is 0 Å². The summed E-state index contributed by atoms with van der Waals surface area (Å²) in [5.41, 5.74) is 0.764. The molecule has 3 N–H and O–H groups in total. The Labute approximate surface area is 250 Å². The van der Waals surface area contributed by atoms with Gasteiger partial charge in [-0.15, -0.1) is 11.8 Å². The van der Waals surface area contributed by atoms with Gasteiger partial charge >= 0.3 is 6.18 Å². The van der Waals surface area contributed by atoms with Crippen molar-refractivity contribution < 1.29 is 37.8 Å². The molecule has 0 saturated carbocycles. The van der Waals surface area contributed by atoms with Crippen molar-refractivity contribution in [3.8, 4) is 5.75 Å². The van der Waals surface area contributed by atoms with Crippen LogP contribution in [-0.4, -0.2) is 66.7 Å². The van der Waals surface area contributed by atoms with Crippen LogP contribution in [0.5, 0.6) is 5.75 Å². The zero-order valence-electron chi connectivity index (χ0n) is 23.3. The number of phenolic OH excluding ortho intramolecular Hbond substituents is 1. The van der Waals surface area contributed by atoms with Gasteiger partial charge in [-0.05, 0) is 55.7 Å². The van der Waals surface area contributed by atoms with E-state index in [4.69, 9.17) is 0 Å². The summed E-state index contributed by atoms with van der Waals surface area (Å²) in [5, 5.41) is 24.1. The molecule has 3 amide bonds. The average Bonchev–Trinajstić information content (AvgIpc) is 3.30. The second-order valence-electron chi connectivity index (χ2n) is 10.8. The highest BCUT2D eigenvalue weighted by molar-refractivity contribution is 8.01. The maximum Gasteiger partial charge on any atom is 0.416 e. The van der Waals surface area contributed by atoms with Crippen molar-refractivity contribution in [1.82, 2.24) is 15.1 Å². The number of rotatable bonds is 8. The van der Waals surface area contributed by atoms with Gasteiger partial charge in [0.05, 0.1) is 17.5 Å². The molecule has 0 radical (unpaired) electrons. The summed E-state index contributed by atoms with van der Waals surface area (Å²) in [7, 11) is 0. The first-order valence-electron chi connectivity index (χ1n) is 13.5. The Bertz CT molecular complexity index is 1550. The molecule has 2 aliphatic heterocycles. The van der Waals surface area contributed by atoms with E-state index in [9.17, 15) is 37.8 Å². The van der Waals surface area contributed by atoms with Crippen LogP contribution in [0.4, 0.5) is 13.2 Å². The monoisotopic (exact) mass is 613 g/mol. The molecule has 0 bridgehead atoms. The van der Waals surface area contributed by atoms with Gasteiger partial charge in [0.25, 0.3) is 11.8 Å². The Kier molecular flexibility index (Phi) is 8.19. The van der Waals surface area contributed by atoms with E-state index in [0.717, 1.165) is 17.7 Å². The first-order chi connectivity index (χ1) is 20.3. The first kappa shape index (κ1) is 30.4. The molecule has 5 rings (SSSR count). The van der Waals surface area contributed by atoms with Gasteiger partial charge in [-0.3, -0.25) is 14.4 Å². The van der Waals surface area contributed by atoms with Crippen LogP contribution in [0.25, 0.3) is 0 Å². The van der Waals surface area contributed by atoms with Gasteiger partial charge in [0.1, 0.15) is 16.7 Å². The number of aromatic hydroxyl groups is 1. The smallest absolute Gasteiger partial charge is 0.416 e. The highest BCUT2D eigenvalue weighted by atomic mass is 32.2. The van der Waals surface area contributed by atoms with Gasteiger partial charge in [0.2, 0.25) is 5.91 Å². The summed E-state index contributed by atoms with van der Waals surface area (Å²) < 4.78 is 39.6. The number of nitrogens with one attached hydrogen (secondary N) is 1. The van der Waals surface area contributed by atoms with Gasteiger partial charge in [-0.25, -0.2) is 0 Å². The minimum absolute atomic E-state index is 0.0662. The van der Waals surface area contributed by atoms with E-state index in [1.54, 1.807) is 38.1 Å². The molecule has 1 unspecified atom stereocenters. The van der Waals surface area contributed by atoms with Crippen LogP contribution in [0.1, 0.15) is 39.5 Å². The van der Waals surface area contributed by atoms with Crippen molar-refractivity contribution in [2.75, 3.05) is 5.88 Å². The Morgan fingerprint density at radius 2 is 1.74 bits per heavy atom. The maximum atomic E-state index is 13.7. The Hall–Kier alpha value is -4.03. The van der Waals surface area contributed by atoms with E-state index in [1.165, 1.54) is 51.9 Å². The molecular weight excluding hydrogens is 583 g/mol. The molecule has 0 aromatic heterocycles. The number of hydrogen-bond donors (Lipinski definition) is 3. The summed E-state index contributed by atoms with van der Waals surface area (Å²) in [6.45, 7) is 3.25. The van der Waals surface area contributed by atoms with Crippen LogP contribution < -0.4 is 5.32 Å². The van der Waals surface area contributed by atoms with Gasteiger partial charge in [0, 0.05) is 17.7 Å². The lowest BCUT2D eigenvalue weighted by atomic mass is 9.92. The molecule has 2 heterocycles. The fraction of sp³-hybridized carbons (Fsp3) is 0.323. The number of fused-ring (bicyclic) bond motifs is 1. The lowest BCUT2D eigenvalue weighted by Crippen LogP contribution is -2.73. The molecule has 2 aliphatic rings. The molecule has 3 aromatic carbocycles. The average molecular weight is 614 g/mol. The summed E-state index contributed by atoms with van der Waals surface area (Å²) in [4.78, 5) is 42.0. The van der Waals surface area contributed by atoms with E-state index in [-0.39, 0.29) is 30.2 Å². The highest BCUT2D eigenvalue weighted by Crippen LogP contribution is 2.51. The number of likely N-dealkylation sites (tertiary alicyclic amines) is 1. The molecular formula is C31H30F3N3O5S. The summed E-state index contributed by atoms with van der Waals surface area (Å²) in [6.07, 6.45) is -6.13. The maximum absolute atomic E-state index is 13.7. The van der Waals surface area contributed by atoms with Gasteiger partial charge in [-0.1, -0.05) is 48.5 Å². The van der Waals surface area contributed by atoms with Gasteiger partial charge in [0.15, 0.2) is 6.10 Å². The summed E-state index contributed by atoms with van der Waals surface area (Å²) >= 11 is 1.28. The van der Waals surface area contributed by atoms with Crippen LogP contribution in [-0.2, 0) is 28.7 Å². The normalized spacial score (nSPS) is 21.2. The first-order valence-corrected chi connectivity index (χ1v) is 14.5. The third-order valence-electron chi connectivity index (χ3n) is 8.03. The Morgan fingerprint density at radius 1 is 1.07 bits per heavy atom. The van der Waals surface area contributed by atoms with Crippen molar-refractivity contribution in [2.45, 2.75) is 56.0 Å². The number of hydrogen-bond acceptors (Lipinski definition) is 6. The third-order valence-corrected chi connectivity index (χ3v) is 9.46. The SMILES string of the molecule is Cc1c(O)cccc1C(=O)N[C@@H](Cc1ccccc1)[C@H](O)C(=O)N1CSC2(C)[C@H]1C(=O)N2Cc1cccc(C(F)(F)F)c1. The molecule has 43 heavy (non-hydrogen) atoms. The number of carbonyl (C=O) groups is 3. The predicted octanol–water partition coefficient (Wildman–Crippen LogP) is 4.08. The van der Waals surface area contributed by atoms with Gasteiger partial charge in [-0.2, -0.15) is 13.2 Å². The number of β-lactam (4-membered cyclic amide) rings is 1. The molecule has 3 aromatic rings. The quantitative estimate of drug-likeness (QED) is 0.331. The molecule has 0 aliphatic carbocycles. The number of thioether (sulfide) groups is 1. The Balaban J connectivity index is 1.34. The number of alkyl halides is 3. The summed E-state index contributed by atoms with van der Waals surface area (Å²) in [5.74, 6) is -1.78. The number of aliphatic hydroxyl groups is 1. The topological polar surface area (TPSA) is 110 Å². The number of aliphatic hydroxyl groups excluding tert-OH is 1. The van der Waals surface area contributed by atoms with Crippen LogP contribution in [0.2, 0.25) is 0 Å². The van der Waals surface area contributed by atoms with E-state index >= 15 is 0 Å². The number of phenols is 1. The lowest BCUT2D eigenvalue weighted by Gasteiger charge is -2.52. The van der Waals surface area contributed by atoms with Crippen LogP contribution in [0.15, 0.2) is 72.8 Å². The minimum atomic E-state index is -4.52. The zero-order valence-corrected chi connectivity index (χ0v) is 24.2. The van der Waals surface area contributed by atoms with Gasteiger partial charge < -0.3 is 25.3 Å². The minimum Gasteiger partial charge on any atom is -0.508 e. The lowest BCUT2D eigenvalue weighted by molar-refractivity contribution is -0.168. The largest absolute Gasteiger partial charge is 0.508 e. The summed E-state index contributed by atoms with van der Waals surface area (Å²) in [6, 6.07) is 16.2. The fourth-order valence-electron chi connectivity index (χ4n) is 5.55. The second-order valence-corrected chi connectivity index (χ2v) is 12.2. The standard InChI is InChI=1S/C31H30F3N3O5S/c1-18-22(12-7-13-24(18)38)27(40)35-23(15-19-8-4-3-5-9-19)25(39)28(41)36-17-43-30(2)26(36)29(42)37(30)16-20-10-6-11-21(14-20)31(32,33)34/h3-14,23,25-26,38-39H,15-17H2,1-2H3,(H,35,40)/t23-,25-,26+,30?/m0/s1. The van der Waals surface area contributed by atoms with E-state index in [1.807, 2.05) is 6.07 Å². The van der Waals surface area contributed by atoms with Crippen molar-refractivity contribution >= 4 is 29.5 Å². The van der Waals surface area contributed by atoms with Crippen LogP contribution in [0, 0.1) is 6.92 Å². The molecule has 2 saturated heterocycles. The van der Waals surface area contributed by atoms with Crippen molar-refractivity contribution in [2.24, 2.45) is 0 Å². The zero-order chi connectivity index (χ0) is 31.1. The number of amides is 3. The van der Waals surface area contributed by atoms with E-state index in [0.29, 0.717) is 11.1 Å². The van der Waals surface area contributed by atoms with Crippen molar-refractivity contribution in [3.05, 3.63) is 101 Å². The number of halogens is 3. The second kappa shape index (κ2) is 11.6.